The molecule has 0 amide bonds. The number of carbonyl (C=O) groups is 1. The highest BCUT2D eigenvalue weighted by molar-refractivity contribution is 5.97. The lowest BCUT2D eigenvalue weighted by molar-refractivity contribution is -0.384. The molecule has 8 heteroatoms. The quantitative estimate of drug-likeness (QED) is 0.428. The number of hydrogen-bond donors (Lipinski definition) is 0. The number of ether oxygens (including phenoxy) is 1. The van der Waals surface area contributed by atoms with E-state index in [4.69, 9.17) is 4.74 Å². The maximum Gasteiger partial charge on any atom is 0.293 e. The summed E-state index contributed by atoms with van der Waals surface area (Å²) in [5.74, 6) is -0.0514. The molecule has 2 aliphatic heterocycles. The number of piperazine rings is 1. The van der Waals surface area contributed by atoms with Crippen LogP contribution in [0.5, 0.6) is 0 Å². The molecule has 8 nitrogen and oxygen atoms in total. The highest BCUT2D eigenvalue weighted by Gasteiger charge is 2.24. The fourth-order valence-electron chi connectivity index (χ4n) is 3.39. The van der Waals surface area contributed by atoms with E-state index in [9.17, 15) is 14.9 Å². The topological polar surface area (TPSA) is 79.2 Å². The van der Waals surface area contributed by atoms with Gasteiger partial charge >= 0.3 is 0 Å². The number of carbonyl (C=O) groups excluding carboxylic acids is 1. The van der Waals surface area contributed by atoms with Gasteiger partial charge in [-0.2, -0.15) is 0 Å². The second-order valence-corrected chi connectivity index (χ2v) is 6.88. The molecule has 0 radical (unpaired) electrons. The number of likely N-dealkylation sites (N-methyl/N-ethyl adjacent to an activating group) is 1. The Balaban J connectivity index is 1.69. The number of Topliss-reactive ketones (excluding diaryl/α,β-unsaturated/α-hetero) is 1. The van der Waals surface area contributed by atoms with Crippen molar-refractivity contribution in [1.29, 1.82) is 0 Å². The smallest absolute Gasteiger partial charge is 0.293 e. The molecular weight excluding hydrogens is 336 g/mol. The van der Waals surface area contributed by atoms with Crippen molar-refractivity contribution < 1.29 is 14.5 Å². The highest BCUT2D eigenvalue weighted by atomic mass is 16.6. The number of hydrogen-bond acceptors (Lipinski definition) is 7. The summed E-state index contributed by atoms with van der Waals surface area (Å²) in [6.07, 6.45) is 0.366. The Morgan fingerprint density at radius 2 is 1.85 bits per heavy atom. The Morgan fingerprint density at radius 1 is 1.15 bits per heavy atom. The average Bonchev–Trinajstić information content (AvgIpc) is 2.67. The van der Waals surface area contributed by atoms with Crippen LogP contribution in [-0.4, -0.2) is 86.6 Å². The molecule has 2 heterocycles. The third-order valence-corrected chi connectivity index (χ3v) is 5.10. The number of morpholine rings is 1. The van der Waals surface area contributed by atoms with E-state index in [1.165, 1.54) is 6.07 Å². The molecule has 0 unspecified atom stereocenters. The standard InChI is InChI=1S/C18H26N4O4/c1-19-6-8-21(9-7-19)16-3-2-15(14-17(16)22(24)25)18(23)4-5-20-10-12-26-13-11-20/h2-3,14H,4-13H2,1H3. The Morgan fingerprint density at radius 3 is 2.50 bits per heavy atom. The van der Waals surface area contributed by atoms with Gasteiger partial charge in [0, 0.05) is 63.9 Å². The van der Waals surface area contributed by atoms with Gasteiger partial charge in [0.2, 0.25) is 0 Å². The molecule has 142 valence electrons. The van der Waals surface area contributed by atoms with Gasteiger partial charge in [0.15, 0.2) is 5.78 Å². The number of benzene rings is 1. The lowest BCUT2D eigenvalue weighted by Crippen LogP contribution is -2.44. The molecule has 1 aromatic carbocycles. The van der Waals surface area contributed by atoms with Crippen LogP contribution in [0.2, 0.25) is 0 Å². The molecule has 0 aromatic heterocycles. The summed E-state index contributed by atoms with van der Waals surface area (Å²) in [7, 11) is 2.04. The van der Waals surface area contributed by atoms with Crippen LogP contribution in [0.15, 0.2) is 18.2 Å². The zero-order chi connectivity index (χ0) is 18.5. The number of anilines is 1. The molecule has 2 saturated heterocycles. The van der Waals surface area contributed by atoms with E-state index in [1.807, 2.05) is 11.9 Å². The zero-order valence-electron chi connectivity index (χ0n) is 15.2. The first-order valence-electron chi connectivity index (χ1n) is 9.10. The van der Waals surface area contributed by atoms with E-state index in [-0.39, 0.29) is 16.4 Å². The minimum atomic E-state index is -0.383. The van der Waals surface area contributed by atoms with Crippen LogP contribution in [-0.2, 0) is 4.74 Å². The molecule has 0 bridgehead atoms. The fraction of sp³-hybridized carbons (Fsp3) is 0.611. The van der Waals surface area contributed by atoms with Gasteiger partial charge in [-0.3, -0.25) is 19.8 Å². The molecule has 0 aliphatic carbocycles. The first-order chi connectivity index (χ1) is 12.5. The van der Waals surface area contributed by atoms with E-state index in [2.05, 4.69) is 9.80 Å². The normalized spacial score (nSPS) is 19.5. The third kappa shape index (κ3) is 4.57. The van der Waals surface area contributed by atoms with Gasteiger partial charge in [-0.15, -0.1) is 0 Å². The SMILES string of the molecule is CN1CCN(c2ccc(C(=O)CCN3CCOCC3)cc2[N+](=O)[O-])CC1. The summed E-state index contributed by atoms with van der Waals surface area (Å²) in [4.78, 5) is 30.1. The molecule has 0 spiro atoms. The summed E-state index contributed by atoms with van der Waals surface area (Å²) >= 11 is 0. The summed E-state index contributed by atoms with van der Waals surface area (Å²) in [5.41, 5.74) is 1.04. The predicted molar refractivity (Wildman–Crippen MR) is 99.0 cm³/mol. The van der Waals surface area contributed by atoms with Crippen molar-refractivity contribution in [1.82, 2.24) is 9.80 Å². The van der Waals surface area contributed by atoms with Gasteiger partial charge in [-0.05, 0) is 19.2 Å². The molecule has 0 N–H and O–H groups in total. The van der Waals surface area contributed by atoms with E-state index in [0.717, 1.165) is 39.3 Å². The first-order valence-corrected chi connectivity index (χ1v) is 9.10. The van der Waals surface area contributed by atoms with Crippen LogP contribution < -0.4 is 4.90 Å². The van der Waals surface area contributed by atoms with Crippen molar-refractivity contribution >= 4 is 17.2 Å². The van der Waals surface area contributed by atoms with Gasteiger partial charge in [-0.25, -0.2) is 0 Å². The van der Waals surface area contributed by atoms with E-state index >= 15 is 0 Å². The van der Waals surface area contributed by atoms with E-state index in [1.54, 1.807) is 12.1 Å². The molecular formula is C18H26N4O4. The third-order valence-electron chi connectivity index (χ3n) is 5.10. The van der Waals surface area contributed by atoms with Crippen LogP contribution in [0, 0.1) is 10.1 Å². The van der Waals surface area contributed by atoms with Crippen LogP contribution in [0.1, 0.15) is 16.8 Å². The van der Waals surface area contributed by atoms with E-state index < -0.39 is 0 Å². The van der Waals surface area contributed by atoms with Crippen molar-refractivity contribution in [2.45, 2.75) is 6.42 Å². The van der Waals surface area contributed by atoms with Gasteiger partial charge < -0.3 is 14.5 Å². The van der Waals surface area contributed by atoms with Gasteiger partial charge in [-0.1, -0.05) is 0 Å². The number of ketones is 1. The van der Waals surface area contributed by atoms with Crippen LogP contribution in [0.25, 0.3) is 0 Å². The number of rotatable bonds is 6. The highest BCUT2D eigenvalue weighted by Crippen LogP contribution is 2.30. The minimum Gasteiger partial charge on any atom is -0.379 e. The van der Waals surface area contributed by atoms with Crippen molar-refractivity contribution in [3.63, 3.8) is 0 Å². The Bertz CT molecular complexity index is 653. The molecule has 3 rings (SSSR count). The van der Waals surface area contributed by atoms with E-state index in [0.29, 0.717) is 37.4 Å². The summed E-state index contributed by atoms with van der Waals surface area (Å²) in [6.45, 7) is 6.96. The predicted octanol–water partition coefficient (Wildman–Crippen LogP) is 1.25. The molecule has 0 atom stereocenters. The maximum atomic E-state index is 12.5. The molecule has 0 saturated carbocycles. The molecule has 2 aliphatic rings. The molecule has 1 aromatic rings. The first kappa shape index (κ1) is 18.8. The van der Waals surface area contributed by atoms with Crippen molar-refractivity contribution in [2.75, 3.05) is 71.0 Å². The number of nitrogens with zero attached hydrogens (tertiary/aromatic N) is 4. The van der Waals surface area contributed by atoms with Crippen molar-refractivity contribution in [3.8, 4) is 0 Å². The fourth-order valence-corrected chi connectivity index (χ4v) is 3.39. The lowest BCUT2D eigenvalue weighted by atomic mass is 10.1. The summed E-state index contributed by atoms with van der Waals surface area (Å²) < 4.78 is 5.30. The second-order valence-electron chi connectivity index (χ2n) is 6.88. The van der Waals surface area contributed by atoms with Crippen molar-refractivity contribution in [2.24, 2.45) is 0 Å². The van der Waals surface area contributed by atoms with Crippen LogP contribution >= 0.6 is 0 Å². The Kier molecular flexibility index (Phi) is 6.18. The van der Waals surface area contributed by atoms with Gasteiger partial charge in [0.05, 0.1) is 18.1 Å². The number of nitro groups is 1. The van der Waals surface area contributed by atoms with Crippen LogP contribution in [0.4, 0.5) is 11.4 Å². The maximum absolute atomic E-state index is 12.5. The van der Waals surface area contributed by atoms with Crippen LogP contribution in [0.3, 0.4) is 0 Å². The Hall–Kier alpha value is -2.03. The Labute approximate surface area is 153 Å². The largest absolute Gasteiger partial charge is 0.379 e. The molecule has 26 heavy (non-hydrogen) atoms. The molecule has 2 fully saturated rings. The lowest BCUT2D eigenvalue weighted by Gasteiger charge is -2.33. The monoisotopic (exact) mass is 362 g/mol. The zero-order valence-corrected chi connectivity index (χ0v) is 15.2. The average molecular weight is 362 g/mol. The van der Waals surface area contributed by atoms with Gasteiger partial charge in [0.25, 0.3) is 5.69 Å². The second kappa shape index (κ2) is 8.57. The van der Waals surface area contributed by atoms with Gasteiger partial charge in [0.1, 0.15) is 5.69 Å². The number of nitro benzene ring substituents is 1. The minimum absolute atomic E-state index is 0.0202. The summed E-state index contributed by atoms with van der Waals surface area (Å²) in [5, 5.41) is 11.5. The van der Waals surface area contributed by atoms with Crippen molar-refractivity contribution in [3.05, 3.63) is 33.9 Å². The summed E-state index contributed by atoms with van der Waals surface area (Å²) in [6, 6.07) is 4.89.